The molecule has 5 nitrogen and oxygen atoms in total. The standard InChI is InChI=1S/C20H28N2O3/c1-14(2)19(24)22-13-20(16-11-15(3)5-6-17(16)22)7-9-21(10-8-20)18(23)12-25-4/h5-6,11,14H,7-10,12-13H2,1-4H3. The molecule has 0 radical (unpaired) electrons. The molecule has 25 heavy (non-hydrogen) atoms. The van der Waals surface area contributed by atoms with Crippen LogP contribution in [0, 0.1) is 12.8 Å². The molecule has 3 rings (SSSR count). The molecular weight excluding hydrogens is 316 g/mol. The van der Waals surface area contributed by atoms with Crippen LogP contribution in [-0.4, -0.2) is 50.1 Å². The van der Waals surface area contributed by atoms with Crippen LogP contribution in [0.1, 0.15) is 37.8 Å². The molecule has 1 aromatic carbocycles. The number of amides is 2. The Balaban J connectivity index is 1.87. The number of rotatable bonds is 3. The third kappa shape index (κ3) is 3.17. The van der Waals surface area contributed by atoms with Crippen LogP contribution in [-0.2, 0) is 19.7 Å². The summed E-state index contributed by atoms with van der Waals surface area (Å²) in [7, 11) is 1.55. The SMILES string of the molecule is COCC(=O)N1CCC2(CC1)CN(C(=O)C(C)C)c1ccc(C)cc12. The lowest BCUT2D eigenvalue weighted by Crippen LogP contribution is -2.48. The first-order chi connectivity index (χ1) is 11.9. The fourth-order valence-corrected chi connectivity index (χ4v) is 4.12. The molecule has 0 aliphatic carbocycles. The Morgan fingerprint density at radius 2 is 1.92 bits per heavy atom. The maximum Gasteiger partial charge on any atom is 0.248 e. The molecule has 2 aliphatic heterocycles. The number of ether oxygens (including phenoxy) is 1. The van der Waals surface area contributed by atoms with Gasteiger partial charge in [0.25, 0.3) is 0 Å². The van der Waals surface area contributed by atoms with E-state index < -0.39 is 0 Å². The van der Waals surface area contributed by atoms with Crippen LogP contribution in [0.2, 0.25) is 0 Å². The van der Waals surface area contributed by atoms with Gasteiger partial charge < -0.3 is 14.5 Å². The van der Waals surface area contributed by atoms with Gasteiger partial charge in [0, 0.05) is 43.8 Å². The second-order valence-electron chi connectivity index (χ2n) is 7.69. The highest BCUT2D eigenvalue weighted by Gasteiger charge is 2.47. The second kappa shape index (κ2) is 6.79. The molecule has 0 N–H and O–H groups in total. The summed E-state index contributed by atoms with van der Waals surface area (Å²) in [6.07, 6.45) is 1.78. The van der Waals surface area contributed by atoms with E-state index in [0.717, 1.165) is 38.2 Å². The number of piperidine rings is 1. The van der Waals surface area contributed by atoms with Gasteiger partial charge in [-0.2, -0.15) is 0 Å². The van der Waals surface area contributed by atoms with Gasteiger partial charge in [-0.3, -0.25) is 9.59 Å². The van der Waals surface area contributed by atoms with Gasteiger partial charge in [0.2, 0.25) is 11.8 Å². The number of likely N-dealkylation sites (tertiary alicyclic amines) is 1. The van der Waals surface area contributed by atoms with Crippen molar-refractivity contribution in [3.8, 4) is 0 Å². The lowest BCUT2D eigenvalue weighted by Gasteiger charge is -2.40. The van der Waals surface area contributed by atoms with E-state index in [4.69, 9.17) is 4.74 Å². The highest BCUT2D eigenvalue weighted by atomic mass is 16.5. The third-order valence-corrected chi connectivity index (χ3v) is 5.58. The highest BCUT2D eigenvalue weighted by Crippen LogP contribution is 2.47. The predicted octanol–water partition coefficient (Wildman–Crippen LogP) is 2.50. The van der Waals surface area contributed by atoms with Crippen molar-refractivity contribution < 1.29 is 14.3 Å². The molecule has 0 aromatic heterocycles. The van der Waals surface area contributed by atoms with Gasteiger partial charge in [0.05, 0.1) is 0 Å². The molecule has 136 valence electrons. The van der Waals surface area contributed by atoms with Crippen molar-refractivity contribution in [2.45, 2.75) is 39.0 Å². The van der Waals surface area contributed by atoms with Crippen molar-refractivity contribution in [2.24, 2.45) is 5.92 Å². The number of benzene rings is 1. The fourth-order valence-electron chi connectivity index (χ4n) is 4.12. The number of fused-ring (bicyclic) bond motifs is 2. The monoisotopic (exact) mass is 344 g/mol. The number of carbonyl (C=O) groups excluding carboxylic acids is 2. The number of aryl methyl sites for hydroxylation is 1. The Kier molecular flexibility index (Phi) is 4.87. The lowest BCUT2D eigenvalue weighted by molar-refractivity contribution is -0.136. The molecular formula is C20H28N2O3. The summed E-state index contributed by atoms with van der Waals surface area (Å²) in [5.41, 5.74) is 3.52. The van der Waals surface area contributed by atoms with Gasteiger partial charge in [-0.1, -0.05) is 31.5 Å². The number of hydrogen-bond acceptors (Lipinski definition) is 3. The first kappa shape index (κ1) is 17.9. The van der Waals surface area contributed by atoms with E-state index >= 15 is 0 Å². The Bertz CT molecular complexity index is 676. The zero-order valence-electron chi connectivity index (χ0n) is 15.7. The van der Waals surface area contributed by atoms with E-state index in [0.29, 0.717) is 0 Å². The molecule has 0 atom stereocenters. The van der Waals surface area contributed by atoms with Crippen molar-refractivity contribution >= 4 is 17.5 Å². The average molecular weight is 344 g/mol. The largest absolute Gasteiger partial charge is 0.375 e. The summed E-state index contributed by atoms with van der Waals surface area (Å²) in [6.45, 7) is 8.31. The Labute approximate surface area is 149 Å². The summed E-state index contributed by atoms with van der Waals surface area (Å²) in [5, 5.41) is 0. The molecule has 1 spiro atoms. The quantitative estimate of drug-likeness (QED) is 0.846. The van der Waals surface area contributed by atoms with Gasteiger partial charge in [-0.05, 0) is 31.4 Å². The molecule has 2 amide bonds. The van der Waals surface area contributed by atoms with Crippen LogP contribution in [0.25, 0.3) is 0 Å². The second-order valence-corrected chi connectivity index (χ2v) is 7.69. The maximum absolute atomic E-state index is 12.7. The van der Waals surface area contributed by atoms with Crippen LogP contribution in [0.5, 0.6) is 0 Å². The van der Waals surface area contributed by atoms with E-state index in [1.807, 2.05) is 23.6 Å². The molecule has 1 saturated heterocycles. The van der Waals surface area contributed by atoms with E-state index in [-0.39, 0.29) is 29.8 Å². The van der Waals surface area contributed by atoms with Crippen LogP contribution in [0.4, 0.5) is 5.69 Å². The normalized spacial score (nSPS) is 18.8. The Hall–Kier alpha value is -1.88. The van der Waals surface area contributed by atoms with Crippen LogP contribution in [0.3, 0.4) is 0 Å². The highest BCUT2D eigenvalue weighted by molar-refractivity contribution is 5.97. The van der Waals surface area contributed by atoms with Gasteiger partial charge in [-0.15, -0.1) is 0 Å². The Morgan fingerprint density at radius 3 is 2.52 bits per heavy atom. The van der Waals surface area contributed by atoms with Crippen molar-refractivity contribution in [2.75, 3.05) is 38.3 Å². The number of anilines is 1. The summed E-state index contributed by atoms with van der Waals surface area (Å²) in [6, 6.07) is 6.40. The third-order valence-electron chi connectivity index (χ3n) is 5.58. The van der Waals surface area contributed by atoms with Crippen LogP contribution >= 0.6 is 0 Å². The molecule has 0 unspecified atom stereocenters. The molecule has 0 bridgehead atoms. The first-order valence-corrected chi connectivity index (χ1v) is 9.07. The predicted molar refractivity (Wildman–Crippen MR) is 97.7 cm³/mol. The minimum absolute atomic E-state index is 0.0207. The average Bonchev–Trinajstić information content (AvgIpc) is 2.88. The van der Waals surface area contributed by atoms with E-state index in [1.165, 1.54) is 11.1 Å². The zero-order chi connectivity index (χ0) is 18.2. The van der Waals surface area contributed by atoms with E-state index in [2.05, 4.69) is 25.1 Å². The van der Waals surface area contributed by atoms with Gasteiger partial charge in [0.1, 0.15) is 6.61 Å². The molecule has 2 heterocycles. The summed E-state index contributed by atoms with van der Waals surface area (Å²) < 4.78 is 4.98. The topological polar surface area (TPSA) is 49.9 Å². The van der Waals surface area contributed by atoms with Crippen molar-refractivity contribution in [3.05, 3.63) is 29.3 Å². The lowest BCUT2D eigenvalue weighted by atomic mass is 9.74. The molecule has 1 fully saturated rings. The molecule has 0 saturated carbocycles. The van der Waals surface area contributed by atoms with Gasteiger partial charge in [-0.25, -0.2) is 0 Å². The number of methoxy groups -OCH3 is 1. The smallest absolute Gasteiger partial charge is 0.248 e. The first-order valence-electron chi connectivity index (χ1n) is 9.07. The minimum atomic E-state index is -0.0320. The van der Waals surface area contributed by atoms with Crippen LogP contribution < -0.4 is 4.90 Å². The van der Waals surface area contributed by atoms with Crippen molar-refractivity contribution in [1.82, 2.24) is 4.90 Å². The van der Waals surface area contributed by atoms with Crippen molar-refractivity contribution in [1.29, 1.82) is 0 Å². The van der Waals surface area contributed by atoms with E-state index in [9.17, 15) is 9.59 Å². The number of carbonyl (C=O) groups is 2. The van der Waals surface area contributed by atoms with Crippen LogP contribution in [0.15, 0.2) is 18.2 Å². The summed E-state index contributed by atoms with van der Waals surface area (Å²) in [5.74, 6) is 0.211. The molecule has 2 aliphatic rings. The molecule has 5 heteroatoms. The van der Waals surface area contributed by atoms with E-state index in [1.54, 1.807) is 7.11 Å². The summed E-state index contributed by atoms with van der Waals surface area (Å²) in [4.78, 5) is 28.7. The number of hydrogen-bond donors (Lipinski definition) is 0. The Morgan fingerprint density at radius 1 is 1.24 bits per heavy atom. The van der Waals surface area contributed by atoms with Crippen molar-refractivity contribution in [3.63, 3.8) is 0 Å². The fraction of sp³-hybridized carbons (Fsp3) is 0.600. The maximum atomic E-state index is 12.7. The number of nitrogens with zero attached hydrogens (tertiary/aromatic N) is 2. The minimum Gasteiger partial charge on any atom is -0.375 e. The molecule has 1 aromatic rings. The zero-order valence-corrected chi connectivity index (χ0v) is 15.7. The van der Waals surface area contributed by atoms with Gasteiger partial charge >= 0.3 is 0 Å². The summed E-state index contributed by atoms with van der Waals surface area (Å²) >= 11 is 0. The van der Waals surface area contributed by atoms with Gasteiger partial charge in [0.15, 0.2) is 0 Å².